The fourth-order valence-electron chi connectivity index (χ4n) is 2.56. The van der Waals surface area contributed by atoms with E-state index in [1.54, 1.807) is 0 Å². The number of amides is 1. The van der Waals surface area contributed by atoms with Gasteiger partial charge in [-0.3, -0.25) is 4.79 Å². The van der Waals surface area contributed by atoms with Gasteiger partial charge in [0, 0.05) is 19.0 Å². The van der Waals surface area contributed by atoms with Crippen molar-refractivity contribution in [2.75, 3.05) is 13.1 Å². The van der Waals surface area contributed by atoms with Crippen LogP contribution < -0.4 is 0 Å². The Hall–Kier alpha value is -0.570. The first kappa shape index (κ1) is 15.5. The molecule has 0 aromatic heterocycles. The highest BCUT2D eigenvalue weighted by molar-refractivity contribution is 5.78. The number of likely N-dealkylation sites (tertiary alicyclic amines) is 1. The minimum absolute atomic E-state index is 0.113. The molecule has 1 aliphatic rings. The molecule has 18 heavy (non-hydrogen) atoms. The smallest absolute Gasteiger partial charge is 0.225 e. The van der Waals surface area contributed by atoms with Gasteiger partial charge in [0.25, 0.3) is 0 Å². The molecule has 3 unspecified atom stereocenters. The van der Waals surface area contributed by atoms with Crippen molar-refractivity contribution in [2.45, 2.75) is 65.4 Å². The summed E-state index contributed by atoms with van der Waals surface area (Å²) in [6, 6.07) is 0. The first-order valence-electron chi connectivity index (χ1n) is 7.53. The summed E-state index contributed by atoms with van der Waals surface area (Å²) in [6.45, 7) is 7.62. The number of hydrogen-bond acceptors (Lipinski definition) is 2. The zero-order valence-corrected chi connectivity index (χ0v) is 12.2. The van der Waals surface area contributed by atoms with Crippen molar-refractivity contribution in [1.29, 1.82) is 0 Å². The standard InChI is InChI=1S/C15H29NO2/c1-4-5-6-7-8-13(3)15(18)16-10-9-12(2)14(17)11-16/h12-14,17H,4-11H2,1-3H3. The van der Waals surface area contributed by atoms with Crippen molar-refractivity contribution in [2.24, 2.45) is 11.8 Å². The summed E-state index contributed by atoms with van der Waals surface area (Å²) in [5.74, 6) is 0.675. The van der Waals surface area contributed by atoms with Gasteiger partial charge in [-0.05, 0) is 18.8 Å². The maximum atomic E-state index is 12.2. The monoisotopic (exact) mass is 255 g/mol. The first-order chi connectivity index (χ1) is 8.56. The fraction of sp³-hybridized carbons (Fsp3) is 0.933. The molecule has 0 aromatic carbocycles. The number of unbranched alkanes of at least 4 members (excludes halogenated alkanes) is 3. The normalized spacial score (nSPS) is 26.1. The molecule has 0 bridgehead atoms. The number of β-amino-alcohol motifs (C(OH)–C–C–N with tert-alkyl or cyclic N) is 1. The van der Waals surface area contributed by atoms with Crippen LogP contribution in [-0.4, -0.2) is 35.1 Å². The topological polar surface area (TPSA) is 40.5 Å². The first-order valence-corrected chi connectivity index (χ1v) is 7.53. The molecule has 3 atom stereocenters. The van der Waals surface area contributed by atoms with Gasteiger partial charge in [-0.2, -0.15) is 0 Å². The number of aliphatic hydroxyl groups is 1. The third-order valence-corrected chi connectivity index (χ3v) is 4.14. The van der Waals surface area contributed by atoms with Gasteiger partial charge in [0.15, 0.2) is 0 Å². The Balaban J connectivity index is 2.30. The summed E-state index contributed by atoms with van der Waals surface area (Å²) in [7, 11) is 0. The Morgan fingerprint density at radius 1 is 1.39 bits per heavy atom. The minimum Gasteiger partial charge on any atom is -0.391 e. The van der Waals surface area contributed by atoms with Gasteiger partial charge in [0.05, 0.1) is 6.10 Å². The van der Waals surface area contributed by atoms with Gasteiger partial charge < -0.3 is 10.0 Å². The lowest BCUT2D eigenvalue weighted by molar-refractivity contribution is -0.139. The van der Waals surface area contributed by atoms with Crippen LogP contribution in [0.2, 0.25) is 0 Å². The molecule has 0 spiro atoms. The van der Waals surface area contributed by atoms with Crippen molar-refractivity contribution in [3.63, 3.8) is 0 Å². The molecule has 3 nitrogen and oxygen atoms in total. The molecular weight excluding hydrogens is 226 g/mol. The predicted octanol–water partition coefficient (Wildman–Crippen LogP) is 2.82. The number of rotatable bonds is 6. The lowest BCUT2D eigenvalue weighted by Gasteiger charge is -2.35. The summed E-state index contributed by atoms with van der Waals surface area (Å²) in [5.41, 5.74) is 0. The van der Waals surface area contributed by atoms with E-state index >= 15 is 0 Å². The Morgan fingerprint density at radius 2 is 2.11 bits per heavy atom. The zero-order chi connectivity index (χ0) is 13.5. The summed E-state index contributed by atoms with van der Waals surface area (Å²) < 4.78 is 0. The highest BCUT2D eigenvalue weighted by Gasteiger charge is 2.29. The van der Waals surface area contributed by atoms with E-state index in [1.165, 1.54) is 19.3 Å². The van der Waals surface area contributed by atoms with Crippen LogP contribution in [0.1, 0.15) is 59.3 Å². The molecule has 0 saturated carbocycles. The lowest BCUT2D eigenvalue weighted by atomic mass is 9.94. The molecule has 1 rings (SSSR count). The molecule has 106 valence electrons. The van der Waals surface area contributed by atoms with Crippen LogP contribution in [0.3, 0.4) is 0 Å². The molecule has 1 amide bonds. The average Bonchev–Trinajstić information content (AvgIpc) is 2.37. The van der Waals surface area contributed by atoms with Crippen LogP contribution >= 0.6 is 0 Å². The minimum atomic E-state index is -0.338. The average molecular weight is 255 g/mol. The van der Waals surface area contributed by atoms with E-state index in [9.17, 15) is 9.90 Å². The van der Waals surface area contributed by atoms with E-state index in [-0.39, 0.29) is 17.9 Å². The van der Waals surface area contributed by atoms with Crippen molar-refractivity contribution < 1.29 is 9.90 Å². The molecular formula is C15H29NO2. The summed E-state index contributed by atoms with van der Waals surface area (Å²) >= 11 is 0. The van der Waals surface area contributed by atoms with E-state index in [4.69, 9.17) is 0 Å². The van der Waals surface area contributed by atoms with Crippen molar-refractivity contribution in [3.05, 3.63) is 0 Å². The van der Waals surface area contributed by atoms with Crippen molar-refractivity contribution in [1.82, 2.24) is 4.90 Å². The van der Waals surface area contributed by atoms with Crippen LogP contribution in [0, 0.1) is 11.8 Å². The van der Waals surface area contributed by atoms with Crippen LogP contribution in [0.25, 0.3) is 0 Å². The largest absolute Gasteiger partial charge is 0.391 e. The highest BCUT2D eigenvalue weighted by atomic mass is 16.3. The fourth-order valence-corrected chi connectivity index (χ4v) is 2.56. The van der Waals surface area contributed by atoms with E-state index < -0.39 is 0 Å². The van der Waals surface area contributed by atoms with Crippen LogP contribution in [-0.2, 0) is 4.79 Å². The molecule has 1 heterocycles. The van der Waals surface area contributed by atoms with Gasteiger partial charge in [-0.1, -0.05) is 46.5 Å². The van der Waals surface area contributed by atoms with Crippen LogP contribution in [0.5, 0.6) is 0 Å². The van der Waals surface area contributed by atoms with Crippen LogP contribution in [0.15, 0.2) is 0 Å². The highest BCUT2D eigenvalue weighted by Crippen LogP contribution is 2.20. The van der Waals surface area contributed by atoms with E-state index in [0.717, 1.165) is 25.8 Å². The van der Waals surface area contributed by atoms with Crippen molar-refractivity contribution in [3.8, 4) is 0 Å². The number of piperidine rings is 1. The Bertz CT molecular complexity index is 255. The quantitative estimate of drug-likeness (QED) is 0.741. The van der Waals surface area contributed by atoms with E-state index in [2.05, 4.69) is 13.8 Å². The lowest BCUT2D eigenvalue weighted by Crippen LogP contribution is -2.47. The summed E-state index contributed by atoms with van der Waals surface area (Å²) in [6.07, 6.45) is 6.45. The third kappa shape index (κ3) is 4.60. The Morgan fingerprint density at radius 3 is 2.72 bits per heavy atom. The molecule has 0 radical (unpaired) electrons. The number of aliphatic hydroxyl groups excluding tert-OH is 1. The second kappa shape index (κ2) is 7.78. The molecule has 1 fully saturated rings. The molecule has 1 N–H and O–H groups in total. The number of hydrogen-bond donors (Lipinski definition) is 1. The summed E-state index contributed by atoms with van der Waals surface area (Å²) in [5, 5.41) is 9.83. The Kier molecular flexibility index (Phi) is 6.69. The third-order valence-electron chi connectivity index (χ3n) is 4.14. The molecule has 3 heteroatoms. The molecule has 0 aromatic rings. The number of carbonyl (C=O) groups is 1. The van der Waals surface area contributed by atoms with E-state index in [0.29, 0.717) is 12.5 Å². The number of nitrogens with zero attached hydrogens (tertiary/aromatic N) is 1. The van der Waals surface area contributed by atoms with Gasteiger partial charge in [0.2, 0.25) is 5.91 Å². The van der Waals surface area contributed by atoms with E-state index in [1.807, 2.05) is 11.8 Å². The van der Waals surface area contributed by atoms with Gasteiger partial charge in [-0.15, -0.1) is 0 Å². The second-order valence-electron chi connectivity index (χ2n) is 5.87. The molecule has 1 saturated heterocycles. The van der Waals surface area contributed by atoms with Gasteiger partial charge in [0.1, 0.15) is 0 Å². The van der Waals surface area contributed by atoms with Gasteiger partial charge >= 0.3 is 0 Å². The Labute approximate surface area is 112 Å². The van der Waals surface area contributed by atoms with Gasteiger partial charge in [-0.25, -0.2) is 0 Å². The van der Waals surface area contributed by atoms with Crippen LogP contribution in [0.4, 0.5) is 0 Å². The van der Waals surface area contributed by atoms with Crippen molar-refractivity contribution >= 4 is 5.91 Å². The molecule has 1 aliphatic heterocycles. The zero-order valence-electron chi connectivity index (χ0n) is 12.2. The second-order valence-corrected chi connectivity index (χ2v) is 5.87. The molecule has 0 aliphatic carbocycles. The maximum absolute atomic E-state index is 12.2. The maximum Gasteiger partial charge on any atom is 0.225 e. The SMILES string of the molecule is CCCCCCC(C)C(=O)N1CCC(C)C(O)C1. The number of carbonyl (C=O) groups excluding carboxylic acids is 1. The predicted molar refractivity (Wildman–Crippen MR) is 74.3 cm³/mol. The summed E-state index contributed by atoms with van der Waals surface area (Å²) in [4.78, 5) is 14.1.